The van der Waals surface area contributed by atoms with Crippen molar-refractivity contribution in [3.05, 3.63) is 18.0 Å². The van der Waals surface area contributed by atoms with E-state index >= 15 is 0 Å². The highest BCUT2D eigenvalue weighted by molar-refractivity contribution is 5.76. The van der Waals surface area contributed by atoms with Crippen LogP contribution < -0.4 is 10.6 Å². The zero-order chi connectivity index (χ0) is 11.1. The van der Waals surface area contributed by atoms with Gasteiger partial charge in [0.2, 0.25) is 5.91 Å². The molecule has 0 aliphatic carbocycles. The first-order valence-corrected chi connectivity index (χ1v) is 5.12. The zero-order valence-electron chi connectivity index (χ0n) is 9.29. The minimum absolute atomic E-state index is 0.0894. The van der Waals surface area contributed by atoms with Crippen LogP contribution in [0.2, 0.25) is 0 Å². The van der Waals surface area contributed by atoms with E-state index < -0.39 is 0 Å². The van der Waals surface area contributed by atoms with Gasteiger partial charge in [0.25, 0.3) is 0 Å². The maximum absolute atomic E-state index is 11.2. The van der Waals surface area contributed by atoms with Gasteiger partial charge in [-0.3, -0.25) is 9.48 Å². The lowest BCUT2D eigenvalue weighted by molar-refractivity contribution is -0.120. The number of hydrogen-bond acceptors (Lipinski definition) is 3. The van der Waals surface area contributed by atoms with E-state index in [1.807, 2.05) is 24.8 Å². The maximum atomic E-state index is 11.2. The van der Waals surface area contributed by atoms with Gasteiger partial charge in [0.1, 0.15) is 0 Å². The van der Waals surface area contributed by atoms with Gasteiger partial charge in [-0.1, -0.05) is 0 Å². The largest absolute Gasteiger partial charge is 0.356 e. The average Bonchev–Trinajstić information content (AvgIpc) is 2.61. The lowest BCUT2D eigenvalue weighted by Crippen LogP contribution is -2.28. The Morgan fingerprint density at radius 2 is 2.33 bits per heavy atom. The number of carbonyl (C=O) groups excluding carboxylic acids is 1. The van der Waals surface area contributed by atoms with Gasteiger partial charge in [0, 0.05) is 44.9 Å². The molecule has 84 valence electrons. The van der Waals surface area contributed by atoms with Crippen LogP contribution in [0, 0.1) is 0 Å². The van der Waals surface area contributed by atoms with Crippen molar-refractivity contribution in [3.63, 3.8) is 0 Å². The van der Waals surface area contributed by atoms with Crippen molar-refractivity contribution >= 4 is 5.91 Å². The molecule has 0 saturated carbocycles. The van der Waals surface area contributed by atoms with Crippen molar-refractivity contribution < 1.29 is 4.79 Å². The zero-order valence-corrected chi connectivity index (χ0v) is 9.29. The van der Waals surface area contributed by atoms with Crippen molar-refractivity contribution in [2.75, 3.05) is 20.1 Å². The molecule has 15 heavy (non-hydrogen) atoms. The number of aryl methyl sites for hydroxylation is 1. The summed E-state index contributed by atoms with van der Waals surface area (Å²) in [4.78, 5) is 11.2. The van der Waals surface area contributed by atoms with Crippen molar-refractivity contribution in [2.45, 2.75) is 12.8 Å². The van der Waals surface area contributed by atoms with E-state index in [-0.39, 0.29) is 5.91 Å². The molecule has 1 amide bonds. The first-order chi connectivity index (χ1) is 7.24. The summed E-state index contributed by atoms with van der Waals surface area (Å²) >= 11 is 0. The number of carbonyl (C=O) groups is 1. The molecule has 2 N–H and O–H groups in total. The highest BCUT2D eigenvalue weighted by Gasteiger charge is 2.01. The van der Waals surface area contributed by atoms with Crippen LogP contribution in [0.1, 0.15) is 12.1 Å². The number of nitrogens with one attached hydrogen (secondary N) is 2. The van der Waals surface area contributed by atoms with Gasteiger partial charge in [-0.2, -0.15) is 5.10 Å². The Morgan fingerprint density at radius 3 is 2.93 bits per heavy atom. The summed E-state index contributed by atoms with van der Waals surface area (Å²) in [6, 6.07) is 1.96. The predicted molar refractivity (Wildman–Crippen MR) is 58.5 cm³/mol. The fourth-order valence-corrected chi connectivity index (χ4v) is 1.30. The van der Waals surface area contributed by atoms with Gasteiger partial charge < -0.3 is 10.6 Å². The third-order valence-corrected chi connectivity index (χ3v) is 2.23. The summed E-state index contributed by atoms with van der Waals surface area (Å²) in [6.07, 6.45) is 3.11. The van der Waals surface area contributed by atoms with E-state index in [2.05, 4.69) is 15.7 Å². The van der Waals surface area contributed by atoms with Crippen LogP contribution in [0.4, 0.5) is 0 Å². The molecule has 0 unspecified atom stereocenters. The predicted octanol–water partition coefficient (Wildman–Crippen LogP) is -0.312. The Kier molecular flexibility index (Phi) is 4.83. The van der Waals surface area contributed by atoms with Crippen LogP contribution in [0.25, 0.3) is 0 Å². The molecule has 0 atom stereocenters. The fraction of sp³-hybridized carbons (Fsp3) is 0.600. The summed E-state index contributed by atoms with van der Waals surface area (Å²) in [5.41, 5.74) is 1.13. The molecule has 0 spiro atoms. The summed E-state index contributed by atoms with van der Waals surface area (Å²) in [6.45, 7) is 1.39. The van der Waals surface area contributed by atoms with Crippen molar-refractivity contribution in [1.82, 2.24) is 20.4 Å². The smallest absolute Gasteiger partial charge is 0.221 e. The molecule has 0 aromatic carbocycles. The molecule has 5 nitrogen and oxygen atoms in total. The van der Waals surface area contributed by atoms with E-state index in [1.54, 1.807) is 6.20 Å². The molecule has 1 rings (SSSR count). The third kappa shape index (κ3) is 4.12. The van der Waals surface area contributed by atoms with E-state index in [0.29, 0.717) is 13.0 Å². The summed E-state index contributed by atoms with van der Waals surface area (Å²) in [5, 5.41) is 9.86. The molecular formula is C10H18N4O. The minimum atomic E-state index is 0.0894. The first-order valence-electron chi connectivity index (χ1n) is 5.12. The molecule has 0 fully saturated rings. The lowest BCUT2D eigenvalue weighted by atomic mass is 10.3. The molecule has 0 saturated heterocycles. The fourth-order valence-electron chi connectivity index (χ4n) is 1.30. The van der Waals surface area contributed by atoms with Gasteiger partial charge in [-0.15, -0.1) is 0 Å². The summed E-state index contributed by atoms with van der Waals surface area (Å²) in [7, 11) is 3.74. The second-order valence-corrected chi connectivity index (χ2v) is 3.40. The van der Waals surface area contributed by atoms with Crippen LogP contribution in [-0.2, 0) is 18.3 Å². The molecule has 0 radical (unpaired) electrons. The van der Waals surface area contributed by atoms with Gasteiger partial charge in [0.05, 0.1) is 0 Å². The number of nitrogens with zero attached hydrogens (tertiary/aromatic N) is 2. The quantitative estimate of drug-likeness (QED) is 0.677. The molecule has 0 bridgehead atoms. The van der Waals surface area contributed by atoms with Crippen LogP contribution in [0.3, 0.4) is 0 Å². The molecule has 0 aliphatic rings. The standard InChI is InChI=1S/C10H18N4O/c1-11-6-5-10(15)12-7-3-9-4-8-13-14(9)2/h4,8,11H,3,5-7H2,1-2H3,(H,12,15). The number of hydrogen-bond donors (Lipinski definition) is 2. The topological polar surface area (TPSA) is 59.0 Å². The Morgan fingerprint density at radius 1 is 1.53 bits per heavy atom. The monoisotopic (exact) mass is 210 g/mol. The van der Waals surface area contributed by atoms with E-state index in [9.17, 15) is 4.79 Å². The Balaban J connectivity index is 2.16. The van der Waals surface area contributed by atoms with E-state index in [0.717, 1.165) is 18.7 Å². The van der Waals surface area contributed by atoms with Crippen molar-refractivity contribution in [1.29, 1.82) is 0 Å². The van der Waals surface area contributed by atoms with Crippen LogP contribution in [-0.4, -0.2) is 35.8 Å². The van der Waals surface area contributed by atoms with Crippen LogP contribution >= 0.6 is 0 Å². The summed E-state index contributed by atoms with van der Waals surface area (Å²) in [5.74, 6) is 0.0894. The third-order valence-electron chi connectivity index (χ3n) is 2.23. The maximum Gasteiger partial charge on any atom is 0.221 e. The van der Waals surface area contributed by atoms with Crippen molar-refractivity contribution in [2.24, 2.45) is 7.05 Å². The first kappa shape index (κ1) is 11.7. The van der Waals surface area contributed by atoms with Crippen LogP contribution in [0.5, 0.6) is 0 Å². The second kappa shape index (κ2) is 6.19. The summed E-state index contributed by atoms with van der Waals surface area (Å²) < 4.78 is 1.82. The van der Waals surface area contributed by atoms with Crippen LogP contribution in [0.15, 0.2) is 12.3 Å². The molecule has 1 heterocycles. The normalized spacial score (nSPS) is 10.3. The van der Waals surface area contributed by atoms with Gasteiger partial charge >= 0.3 is 0 Å². The Hall–Kier alpha value is -1.36. The van der Waals surface area contributed by atoms with Crippen molar-refractivity contribution in [3.8, 4) is 0 Å². The lowest BCUT2D eigenvalue weighted by Gasteiger charge is -2.05. The highest BCUT2D eigenvalue weighted by atomic mass is 16.1. The Bertz CT molecular complexity index is 308. The Labute approximate surface area is 89.9 Å². The number of amides is 1. The number of rotatable bonds is 6. The number of aromatic nitrogens is 2. The second-order valence-electron chi connectivity index (χ2n) is 3.40. The van der Waals surface area contributed by atoms with Gasteiger partial charge in [-0.05, 0) is 13.1 Å². The molecule has 1 aromatic rings. The van der Waals surface area contributed by atoms with E-state index in [1.165, 1.54) is 0 Å². The molecule has 5 heteroatoms. The van der Waals surface area contributed by atoms with E-state index in [4.69, 9.17) is 0 Å². The van der Waals surface area contributed by atoms with Gasteiger partial charge in [-0.25, -0.2) is 0 Å². The minimum Gasteiger partial charge on any atom is -0.356 e. The SMILES string of the molecule is CNCCC(=O)NCCc1ccnn1C. The van der Waals surface area contributed by atoms with Gasteiger partial charge in [0.15, 0.2) is 0 Å². The average molecular weight is 210 g/mol. The highest BCUT2D eigenvalue weighted by Crippen LogP contribution is 1.95. The molecular weight excluding hydrogens is 192 g/mol. The molecule has 0 aliphatic heterocycles. The molecule has 1 aromatic heterocycles.